The number of hydrogen-bond acceptors (Lipinski definition) is 0. The molecule has 0 fully saturated rings. The molecule has 0 unspecified atom stereocenters. The summed E-state index contributed by atoms with van der Waals surface area (Å²) in [5, 5.41) is 0. The van der Waals surface area contributed by atoms with E-state index in [2.05, 4.69) is 91.6 Å². The number of aromatic nitrogens is 1. The maximum Gasteiger partial charge on any atom is 0.0485 e. The first-order valence-electron chi connectivity index (χ1n) is 8.76. The lowest BCUT2D eigenvalue weighted by atomic mass is 10.1. The van der Waals surface area contributed by atoms with Crippen molar-refractivity contribution in [2.24, 2.45) is 0 Å². The molecular formula is C24H27N. The monoisotopic (exact) mass is 329 g/mol. The van der Waals surface area contributed by atoms with Crippen LogP contribution < -0.4 is 0 Å². The fraction of sp³-hybridized carbons (Fsp3) is 0.167. The number of nitrogens with zero attached hydrogens (tertiary/aromatic N) is 1. The summed E-state index contributed by atoms with van der Waals surface area (Å²) in [6, 6.07) is 10.8. The van der Waals surface area contributed by atoms with Crippen molar-refractivity contribution in [2.75, 3.05) is 0 Å². The molecule has 1 aromatic carbocycles. The van der Waals surface area contributed by atoms with Gasteiger partial charge in [0.1, 0.15) is 0 Å². The van der Waals surface area contributed by atoms with Crippen molar-refractivity contribution in [3.63, 3.8) is 0 Å². The Bertz CT molecular complexity index is 767. The number of allylic oxidation sites excluding steroid dienone is 6. The normalized spacial score (nSPS) is 11.7. The molecule has 2 rings (SSSR count). The van der Waals surface area contributed by atoms with Crippen LogP contribution in [0.25, 0.3) is 17.8 Å². The molecule has 0 bridgehead atoms. The van der Waals surface area contributed by atoms with Crippen LogP contribution >= 0.6 is 0 Å². The second-order valence-corrected chi connectivity index (χ2v) is 5.92. The van der Waals surface area contributed by atoms with Gasteiger partial charge in [0.05, 0.1) is 0 Å². The highest BCUT2D eigenvalue weighted by molar-refractivity contribution is 5.57. The predicted octanol–water partition coefficient (Wildman–Crippen LogP) is 6.91. The number of hydrogen-bond donors (Lipinski definition) is 0. The minimum absolute atomic E-state index is 0.964. The van der Waals surface area contributed by atoms with Crippen molar-refractivity contribution < 1.29 is 0 Å². The summed E-state index contributed by atoms with van der Waals surface area (Å²) in [4.78, 5) is 0. The molecule has 0 aliphatic rings. The lowest BCUT2D eigenvalue weighted by molar-refractivity contribution is 1.05. The van der Waals surface area contributed by atoms with Crippen molar-refractivity contribution in [1.82, 2.24) is 4.57 Å². The van der Waals surface area contributed by atoms with Crippen molar-refractivity contribution in [2.45, 2.75) is 26.2 Å². The molecule has 0 atom stereocenters. The third kappa shape index (κ3) is 5.65. The summed E-state index contributed by atoms with van der Waals surface area (Å²) in [6.45, 7) is 9.60. The molecule has 0 spiro atoms. The van der Waals surface area contributed by atoms with Gasteiger partial charge in [0.25, 0.3) is 0 Å². The molecule has 0 N–H and O–H groups in total. The second-order valence-electron chi connectivity index (χ2n) is 5.92. The quantitative estimate of drug-likeness (QED) is 0.267. The average Bonchev–Trinajstić information content (AvgIpc) is 3.00. The number of rotatable bonds is 9. The Morgan fingerprint density at radius 3 is 2.44 bits per heavy atom. The Morgan fingerprint density at radius 1 is 0.920 bits per heavy atom. The Hall–Kier alpha value is -2.80. The predicted molar refractivity (Wildman–Crippen MR) is 112 cm³/mol. The van der Waals surface area contributed by atoms with Crippen LogP contribution in [0.5, 0.6) is 0 Å². The van der Waals surface area contributed by atoms with Crippen molar-refractivity contribution in [3.05, 3.63) is 103 Å². The van der Waals surface area contributed by atoms with Gasteiger partial charge in [0, 0.05) is 17.6 Å². The third-order valence-electron chi connectivity index (χ3n) is 3.99. The highest BCUT2D eigenvalue weighted by atomic mass is 15.0. The summed E-state index contributed by atoms with van der Waals surface area (Å²) in [6.07, 6.45) is 21.8. The minimum Gasteiger partial charge on any atom is -0.317 e. The van der Waals surface area contributed by atoms with Crippen LogP contribution in [-0.4, -0.2) is 4.57 Å². The first-order chi connectivity index (χ1) is 12.3. The van der Waals surface area contributed by atoms with E-state index in [1.54, 1.807) is 6.08 Å². The summed E-state index contributed by atoms with van der Waals surface area (Å²) in [5.41, 5.74) is 4.83. The zero-order valence-electron chi connectivity index (χ0n) is 15.1. The van der Waals surface area contributed by atoms with E-state index in [4.69, 9.17) is 0 Å². The van der Waals surface area contributed by atoms with Gasteiger partial charge in [0.15, 0.2) is 0 Å². The van der Waals surface area contributed by atoms with Gasteiger partial charge >= 0.3 is 0 Å². The molecule has 1 heterocycles. The Morgan fingerprint density at radius 2 is 1.72 bits per heavy atom. The van der Waals surface area contributed by atoms with Crippen LogP contribution in [-0.2, 0) is 0 Å². The van der Waals surface area contributed by atoms with E-state index in [-0.39, 0.29) is 0 Å². The van der Waals surface area contributed by atoms with E-state index in [1.165, 1.54) is 22.5 Å². The summed E-state index contributed by atoms with van der Waals surface area (Å²) < 4.78 is 2.20. The molecule has 0 saturated carbocycles. The third-order valence-corrected chi connectivity index (χ3v) is 3.99. The zero-order chi connectivity index (χ0) is 17.9. The van der Waals surface area contributed by atoms with Gasteiger partial charge in [-0.1, -0.05) is 61.2 Å². The molecule has 1 heteroatoms. The van der Waals surface area contributed by atoms with Gasteiger partial charge in [-0.25, -0.2) is 0 Å². The SMILES string of the molecule is C=C/C=C\c1c(C)ccn1-c1ccc(/C=C/C/C=C\CCC=C)cc1. The summed E-state index contributed by atoms with van der Waals surface area (Å²) in [7, 11) is 0. The largest absolute Gasteiger partial charge is 0.317 e. The lowest BCUT2D eigenvalue weighted by Crippen LogP contribution is -1.95. The molecular weight excluding hydrogens is 302 g/mol. The van der Waals surface area contributed by atoms with Crippen molar-refractivity contribution in [3.8, 4) is 5.69 Å². The van der Waals surface area contributed by atoms with Crippen LogP contribution in [0.2, 0.25) is 0 Å². The van der Waals surface area contributed by atoms with Crippen LogP contribution in [0.15, 0.2) is 86.1 Å². The fourth-order valence-corrected chi connectivity index (χ4v) is 2.59. The molecule has 1 nitrogen and oxygen atoms in total. The van der Waals surface area contributed by atoms with Gasteiger partial charge in [-0.2, -0.15) is 0 Å². The minimum atomic E-state index is 0.964. The molecule has 0 saturated heterocycles. The van der Waals surface area contributed by atoms with Crippen molar-refractivity contribution in [1.29, 1.82) is 0 Å². The van der Waals surface area contributed by atoms with E-state index in [0.717, 1.165) is 19.3 Å². The topological polar surface area (TPSA) is 4.93 Å². The lowest BCUT2D eigenvalue weighted by Gasteiger charge is -2.08. The smallest absolute Gasteiger partial charge is 0.0485 e. The number of unbranched alkanes of at least 4 members (excludes halogenated alkanes) is 1. The van der Waals surface area contributed by atoms with Gasteiger partial charge in [-0.15, -0.1) is 6.58 Å². The molecule has 128 valence electrons. The van der Waals surface area contributed by atoms with Crippen LogP contribution in [0, 0.1) is 6.92 Å². The second kappa shape index (κ2) is 10.1. The van der Waals surface area contributed by atoms with E-state index in [9.17, 15) is 0 Å². The highest BCUT2D eigenvalue weighted by Gasteiger charge is 2.04. The highest BCUT2D eigenvalue weighted by Crippen LogP contribution is 2.19. The fourth-order valence-electron chi connectivity index (χ4n) is 2.59. The summed E-state index contributed by atoms with van der Waals surface area (Å²) in [5.74, 6) is 0. The maximum atomic E-state index is 3.75. The standard InChI is InChI=1S/C24H27N/c1-4-6-8-9-10-11-12-13-22-15-17-23(18-16-22)25-20-19-21(3)24(25)14-7-5-2/h4-5,7,9-10,12-20H,1-2,6,8,11H2,3H3/b10-9-,13-12+,14-7-. The Kier molecular flexibility index (Phi) is 7.52. The maximum absolute atomic E-state index is 3.75. The number of aryl methyl sites for hydroxylation is 1. The van der Waals surface area contributed by atoms with E-state index < -0.39 is 0 Å². The molecule has 0 amide bonds. The molecule has 0 aliphatic carbocycles. The Balaban J connectivity index is 2.03. The van der Waals surface area contributed by atoms with Crippen LogP contribution in [0.1, 0.15) is 36.1 Å². The molecule has 2 aromatic rings. The van der Waals surface area contributed by atoms with Gasteiger partial charge < -0.3 is 4.57 Å². The Labute approximate surface area is 152 Å². The van der Waals surface area contributed by atoms with Crippen molar-refractivity contribution >= 4 is 12.2 Å². The number of benzene rings is 1. The van der Waals surface area contributed by atoms with E-state index in [0.29, 0.717) is 0 Å². The zero-order valence-corrected chi connectivity index (χ0v) is 15.1. The van der Waals surface area contributed by atoms with Crippen LogP contribution in [0.4, 0.5) is 0 Å². The van der Waals surface area contributed by atoms with Gasteiger partial charge in [0.2, 0.25) is 0 Å². The molecule has 0 radical (unpaired) electrons. The van der Waals surface area contributed by atoms with E-state index >= 15 is 0 Å². The molecule has 25 heavy (non-hydrogen) atoms. The first-order valence-corrected chi connectivity index (χ1v) is 8.76. The van der Waals surface area contributed by atoms with Gasteiger partial charge in [-0.3, -0.25) is 0 Å². The first kappa shape index (κ1) is 18.5. The van der Waals surface area contributed by atoms with E-state index in [1.807, 2.05) is 12.2 Å². The molecule has 0 aliphatic heterocycles. The van der Waals surface area contributed by atoms with Crippen LogP contribution in [0.3, 0.4) is 0 Å². The summed E-state index contributed by atoms with van der Waals surface area (Å²) >= 11 is 0. The average molecular weight is 329 g/mol. The molecule has 1 aromatic heterocycles. The van der Waals surface area contributed by atoms with Gasteiger partial charge in [-0.05, 0) is 61.6 Å².